The minimum absolute atomic E-state index is 0.563. The van der Waals surface area contributed by atoms with Crippen LogP contribution in [0.5, 0.6) is 0 Å². The first-order valence-electron chi connectivity index (χ1n) is 6.12. The van der Waals surface area contributed by atoms with Crippen molar-refractivity contribution in [2.45, 2.75) is 38.9 Å². The lowest BCUT2D eigenvalue weighted by Crippen LogP contribution is -2.28. The quantitative estimate of drug-likeness (QED) is 0.832. The van der Waals surface area contributed by atoms with Gasteiger partial charge in [-0.1, -0.05) is 0 Å². The van der Waals surface area contributed by atoms with Crippen LogP contribution in [0.25, 0.3) is 0 Å². The Balaban J connectivity index is 1.97. The summed E-state index contributed by atoms with van der Waals surface area (Å²) < 4.78 is 2.13. The highest BCUT2D eigenvalue weighted by Gasteiger charge is 2.25. The predicted octanol–water partition coefficient (Wildman–Crippen LogP) is 1.26. The molecule has 1 fully saturated rings. The van der Waals surface area contributed by atoms with E-state index in [2.05, 4.69) is 40.0 Å². The topological polar surface area (TPSA) is 33.1 Å². The van der Waals surface area contributed by atoms with E-state index < -0.39 is 0 Å². The first kappa shape index (κ1) is 11.6. The second-order valence-corrected chi connectivity index (χ2v) is 4.89. The average Bonchev–Trinajstić information content (AvgIpc) is 2.84. The SMILES string of the molecule is CNCc1cnn(C2CCN(C(C)C)C2)c1. The Morgan fingerprint density at radius 2 is 2.38 bits per heavy atom. The standard InChI is InChI=1S/C12H22N4/c1-10(2)15-5-4-12(9-15)16-8-11(6-13-3)7-14-16/h7-8,10,12-13H,4-6,9H2,1-3H3. The van der Waals surface area contributed by atoms with Crippen molar-refractivity contribution in [3.8, 4) is 0 Å². The zero-order valence-corrected chi connectivity index (χ0v) is 10.5. The number of hydrogen-bond donors (Lipinski definition) is 1. The molecule has 2 rings (SSSR count). The highest BCUT2D eigenvalue weighted by Crippen LogP contribution is 2.22. The molecule has 1 aromatic heterocycles. The van der Waals surface area contributed by atoms with Gasteiger partial charge in [-0.3, -0.25) is 9.58 Å². The van der Waals surface area contributed by atoms with Gasteiger partial charge in [0.15, 0.2) is 0 Å². The molecule has 0 aliphatic carbocycles. The van der Waals surface area contributed by atoms with Gasteiger partial charge in [0.2, 0.25) is 0 Å². The van der Waals surface area contributed by atoms with Crippen molar-refractivity contribution in [3.63, 3.8) is 0 Å². The molecule has 0 spiro atoms. The van der Waals surface area contributed by atoms with E-state index in [0.717, 1.165) is 13.1 Å². The fourth-order valence-electron chi connectivity index (χ4n) is 2.33. The second kappa shape index (κ2) is 4.97. The molecule has 1 saturated heterocycles. The largest absolute Gasteiger partial charge is 0.316 e. The minimum Gasteiger partial charge on any atom is -0.316 e. The van der Waals surface area contributed by atoms with E-state index in [1.54, 1.807) is 0 Å². The summed E-state index contributed by atoms with van der Waals surface area (Å²) in [6.07, 6.45) is 5.36. The zero-order chi connectivity index (χ0) is 11.5. The molecule has 4 nitrogen and oxygen atoms in total. The third kappa shape index (κ3) is 2.44. The van der Waals surface area contributed by atoms with Gasteiger partial charge in [0, 0.05) is 37.4 Å². The van der Waals surface area contributed by atoms with Crippen LogP contribution in [0.15, 0.2) is 12.4 Å². The Bertz CT molecular complexity index is 332. The first-order chi connectivity index (χ1) is 7.70. The van der Waals surface area contributed by atoms with Crippen molar-refractivity contribution in [1.29, 1.82) is 0 Å². The summed E-state index contributed by atoms with van der Waals surface area (Å²) in [5.74, 6) is 0. The molecule has 1 unspecified atom stereocenters. The van der Waals surface area contributed by atoms with Crippen molar-refractivity contribution in [2.75, 3.05) is 20.1 Å². The molecule has 0 bridgehead atoms. The molecule has 1 atom stereocenters. The van der Waals surface area contributed by atoms with Crippen molar-refractivity contribution >= 4 is 0 Å². The summed E-state index contributed by atoms with van der Waals surface area (Å²) in [5, 5.41) is 7.61. The number of nitrogens with zero attached hydrogens (tertiary/aromatic N) is 3. The summed E-state index contributed by atoms with van der Waals surface area (Å²) in [6, 6.07) is 1.21. The fourth-order valence-corrected chi connectivity index (χ4v) is 2.33. The summed E-state index contributed by atoms with van der Waals surface area (Å²) in [4.78, 5) is 2.52. The van der Waals surface area contributed by atoms with E-state index in [9.17, 15) is 0 Å². The van der Waals surface area contributed by atoms with Crippen LogP contribution in [-0.2, 0) is 6.54 Å². The molecule has 0 radical (unpaired) electrons. The van der Waals surface area contributed by atoms with Crippen LogP contribution in [0.1, 0.15) is 31.9 Å². The molecule has 2 heterocycles. The molecule has 1 aromatic rings. The summed E-state index contributed by atoms with van der Waals surface area (Å²) >= 11 is 0. The minimum atomic E-state index is 0.563. The van der Waals surface area contributed by atoms with E-state index in [1.165, 1.54) is 18.5 Å². The lowest BCUT2D eigenvalue weighted by Gasteiger charge is -2.20. The lowest BCUT2D eigenvalue weighted by molar-refractivity contribution is 0.262. The summed E-state index contributed by atoms with van der Waals surface area (Å²) in [7, 11) is 1.97. The maximum Gasteiger partial charge on any atom is 0.0658 e. The predicted molar refractivity (Wildman–Crippen MR) is 65.4 cm³/mol. The normalized spacial score (nSPS) is 22.1. The van der Waals surface area contributed by atoms with Gasteiger partial charge < -0.3 is 5.32 Å². The molecule has 0 aromatic carbocycles. The van der Waals surface area contributed by atoms with Crippen LogP contribution in [0.2, 0.25) is 0 Å². The van der Waals surface area contributed by atoms with Gasteiger partial charge in [0.25, 0.3) is 0 Å². The van der Waals surface area contributed by atoms with Crippen molar-refractivity contribution < 1.29 is 0 Å². The van der Waals surface area contributed by atoms with Gasteiger partial charge in [-0.05, 0) is 27.3 Å². The zero-order valence-electron chi connectivity index (χ0n) is 10.5. The first-order valence-corrected chi connectivity index (χ1v) is 6.12. The number of likely N-dealkylation sites (tertiary alicyclic amines) is 1. The van der Waals surface area contributed by atoms with E-state index in [-0.39, 0.29) is 0 Å². The lowest BCUT2D eigenvalue weighted by atomic mass is 10.2. The highest BCUT2D eigenvalue weighted by molar-refractivity contribution is 5.04. The van der Waals surface area contributed by atoms with E-state index in [1.807, 2.05) is 13.2 Å². The second-order valence-electron chi connectivity index (χ2n) is 4.89. The van der Waals surface area contributed by atoms with E-state index >= 15 is 0 Å². The van der Waals surface area contributed by atoms with Crippen molar-refractivity contribution in [2.24, 2.45) is 0 Å². The van der Waals surface area contributed by atoms with Gasteiger partial charge in [-0.25, -0.2) is 0 Å². The molecule has 1 N–H and O–H groups in total. The van der Waals surface area contributed by atoms with Crippen LogP contribution in [-0.4, -0.2) is 40.9 Å². The molecule has 4 heteroatoms. The molecule has 0 saturated carbocycles. The van der Waals surface area contributed by atoms with Gasteiger partial charge in [0.05, 0.1) is 12.2 Å². The van der Waals surface area contributed by atoms with Gasteiger partial charge in [0.1, 0.15) is 0 Å². The summed E-state index contributed by atoms with van der Waals surface area (Å²) in [6.45, 7) is 7.76. The molecular weight excluding hydrogens is 200 g/mol. The van der Waals surface area contributed by atoms with Crippen LogP contribution in [0, 0.1) is 0 Å². The van der Waals surface area contributed by atoms with Crippen LogP contribution in [0.3, 0.4) is 0 Å². The smallest absolute Gasteiger partial charge is 0.0658 e. The Morgan fingerprint density at radius 3 is 3.00 bits per heavy atom. The Labute approximate surface area is 97.6 Å². The van der Waals surface area contributed by atoms with E-state index in [0.29, 0.717) is 12.1 Å². The van der Waals surface area contributed by atoms with Crippen molar-refractivity contribution in [1.82, 2.24) is 20.0 Å². The molecule has 1 aliphatic heterocycles. The third-order valence-electron chi connectivity index (χ3n) is 3.34. The molecule has 1 aliphatic rings. The molecular formula is C12H22N4. The Morgan fingerprint density at radius 1 is 1.56 bits per heavy atom. The Kier molecular flexibility index (Phi) is 3.61. The number of nitrogens with one attached hydrogen (secondary N) is 1. The monoisotopic (exact) mass is 222 g/mol. The van der Waals surface area contributed by atoms with Crippen LogP contribution < -0.4 is 5.32 Å². The number of hydrogen-bond acceptors (Lipinski definition) is 3. The van der Waals surface area contributed by atoms with Gasteiger partial charge >= 0.3 is 0 Å². The van der Waals surface area contributed by atoms with Crippen LogP contribution >= 0.6 is 0 Å². The number of aromatic nitrogens is 2. The van der Waals surface area contributed by atoms with Crippen molar-refractivity contribution in [3.05, 3.63) is 18.0 Å². The van der Waals surface area contributed by atoms with Gasteiger partial charge in [-0.2, -0.15) is 5.10 Å². The molecule has 0 amide bonds. The van der Waals surface area contributed by atoms with Crippen LogP contribution in [0.4, 0.5) is 0 Å². The third-order valence-corrected chi connectivity index (χ3v) is 3.34. The van der Waals surface area contributed by atoms with Gasteiger partial charge in [-0.15, -0.1) is 0 Å². The fraction of sp³-hybridized carbons (Fsp3) is 0.750. The average molecular weight is 222 g/mol. The number of rotatable bonds is 4. The van der Waals surface area contributed by atoms with E-state index in [4.69, 9.17) is 0 Å². The molecule has 90 valence electrons. The highest BCUT2D eigenvalue weighted by atomic mass is 15.3. The Hall–Kier alpha value is -0.870. The maximum atomic E-state index is 4.46. The molecule has 16 heavy (non-hydrogen) atoms. The maximum absolute atomic E-state index is 4.46. The summed E-state index contributed by atoms with van der Waals surface area (Å²) in [5.41, 5.74) is 1.27.